The molecule has 3 nitrogen and oxygen atoms in total. The van der Waals surface area contributed by atoms with E-state index in [0.29, 0.717) is 12.1 Å². The lowest BCUT2D eigenvalue weighted by Crippen LogP contribution is -2.45. The molecular formula is C18H30N2O. The van der Waals surface area contributed by atoms with Crippen LogP contribution in [0.25, 0.3) is 0 Å². The molecule has 1 fully saturated rings. The summed E-state index contributed by atoms with van der Waals surface area (Å²) in [6.07, 6.45) is 6.35. The summed E-state index contributed by atoms with van der Waals surface area (Å²) < 4.78 is 5.28. The van der Waals surface area contributed by atoms with Crippen molar-refractivity contribution in [2.75, 3.05) is 13.7 Å². The standard InChI is InChI=1S/C18H30N2O/c1-4-17(19)18(14-10-12-16(21-3)13-11-14)20(5-2)15-8-6-7-9-15/h10-13,15,17-18H,4-9,19H2,1-3H3. The van der Waals surface area contributed by atoms with Crippen LogP contribution in [0.4, 0.5) is 0 Å². The molecule has 3 heteroatoms. The van der Waals surface area contributed by atoms with Gasteiger partial charge in [0.25, 0.3) is 0 Å². The van der Waals surface area contributed by atoms with Crippen LogP contribution in [-0.2, 0) is 0 Å². The monoisotopic (exact) mass is 290 g/mol. The molecule has 0 saturated heterocycles. The van der Waals surface area contributed by atoms with Gasteiger partial charge in [-0.25, -0.2) is 0 Å². The Balaban J connectivity index is 2.26. The highest BCUT2D eigenvalue weighted by Crippen LogP contribution is 2.33. The average molecular weight is 290 g/mol. The normalized spacial score (nSPS) is 18.9. The van der Waals surface area contributed by atoms with Gasteiger partial charge in [0.1, 0.15) is 5.75 Å². The van der Waals surface area contributed by atoms with E-state index in [0.717, 1.165) is 18.7 Å². The lowest BCUT2D eigenvalue weighted by molar-refractivity contribution is 0.121. The second-order valence-corrected chi connectivity index (χ2v) is 6.06. The minimum atomic E-state index is 0.180. The second-order valence-electron chi connectivity index (χ2n) is 6.06. The summed E-state index contributed by atoms with van der Waals surface area (Å²) in [4.78, 5) is 2.63. The molecule has 118 valence electrons. The molecule has 2 N–H and O–H groups in total. The number of benzene rings is 1. The van der Waals surface area contributed by atoms with Gasteiger partial charge in [-0.15, -0.1) is 0 Å². The zero-order chi connectivity index (χ0) is 15.2. The lowest BCUT2D eigenvalue weighted by Gasteiger charge is -2.39. The zero-order valence-corrected chi connectivity index (χ0v) is 13.7. The van der Waals surface area contributed by atoms with Crippen LogP contribution in [0.15, 0.2) is 24.3 Å². The van der Waals surface area contributed by atoms with Crippen molar-refractivity contribution < 1.29 is 4.74 Å². The van der Waals surface area contributed by atoms with Gasteiger partial charge in [-0.3, -0.25) is 4.90 Å². The predicted octanol–water partition coefficient (Wildman–Crippen LogP) is 3.74. The molecule has 0 bridgehead atoms. The van der Waals surface area contributed by atoms with Gasteiger partial charge in [-0.1, -0.05) is 38.8 Å². The van der Waals surface area contributed by atoms with Gasteiger partial charge in [0.2, 0.25) is 0 Å². The molecular weight excluding hydrogens is 260 g/mol. The Morgan fingerprint density at radius 3 is 2.29 bits per heavy atom. The fourth-order valence-electron chi connectivity index (χ4n) is 3.63. The Labute approximate surface area is 129 Å². The van der Waals surface area contributed by atoms with Crippen molar-refractivity contribution in [2.45, 2.75) is 64.1 Å². The molecule has 2 atom stereocenters. The van der Waals surface area contributed by atoms with E-state index in [9.17, 15) is 0 Å². The van der Waals surface area contributed by atoms with Gasteiger partial charge in [0.15, 0.2) is 0 Å². The van der Waals surface area contributed by atoms with E-state index in [-0.39, 0.29) is 6.04 Å². The maximum absolute atomic E-state index is 6.49. The van der Waals surface area contributed by atoms with E-state index < -0.39 is 0 Å². The lowest BCUT2D eigenvalue weighted by atomic mass is 9.94. The van der Waals surface area contributed by atoms with Crippen LogP contribution in [0.5, 0.6) is 5.75 Å². The maximum Gasteiger partial charge on any atom is 0.118 e. The van der Waals surface area contributed by atoms with Crippen molar-refractivity contribution in [1.82, 2.24) is 4.90 Å². The number of hydrogen-bond acceptors (Lipinski definition) is 3. The molecule has 0 spiro atoms. The zero-order valence-electron chi connectivity index (χ0n) is 13.7. The Bertz CT molecular complexity index is 412. The molecule has 0 radical (unpaired) electrons. The minimum absolute atomic E-state index is 0.180. The van der Waals surface area contributed by atoms with Crippen LogP contribution in [0.1, 0.15) is 57.6 Å². The quantitative estimate of drug-likeness (QED) is 0.831. The van der Waals surface area contributed by atoms with Crippen molar-refractivity contribution in [2.24, 2.45) is 5.73 Å². The Morgan fingerprint density at radius 2 is 1.81 bits per heavy atom. The topological polar surface area (TPSA) is 38.5 Å². The third-order valence-corrected chi connectivity index (χ3v) is 4.85. The van der Waals surface area contributed by atoms with E-state index in [4.69, 9.17) is 10.5 Å². The summed E-state index contributed by atoms with van der Waals surface area (Å²) >= 11 is 0. The summed E-state index contributed by atoms with van der Waals surface area (Å²) in [6, 6.07) is 9.64. The molecule has 0 amide bonds. The molecule has 1 aromatic rings. The van der Waals surface area contributed by atoms with Gasteiger partial charge in [-0.2, -0.15) is 0 Å². The van der Waals surface area contributed by atoms with Crippen LogP contribution in [0.2, 0.25) is 0 Å². The van der Waals surface area contributed by atoms with E-state index in [1.165, 1.54) is 31.2 Å². The van der Waals surface area contributed by atoms with Gasteiger partial charge in [-0.05, 0) is 43.5 Å². The first-order valence-corrected chi connectivity index (χ1v) is 8.36. The van der Waals surface area contributed by atoms with E-state index >= 15 is 0 Å². The van der Waals surface area contributed by atoms with Gasteiger partial charge >= 0.3 is 0 Å². The highest BCUT2D eigenvalue weighted by atomic mass is 16.5. The molecule has 1 saturated carbocycles. The number of hydrogen-bond donors (Lipinski definition) is 1. The summed E-state index contributed by atoms with van der Waals surface area (Å²) in [5, 5.41) is 0. The van der Waals surface area contributed by atoms with Crippen molar-refractivity contribution in [3.63, 3.8) is 0 Å². The molecule has 0 aliphatic heterocycles. The molecule has 2 rings (SSSR count). The average Bonchev–Trinajstić information content (AvgIpc) is 3.06. The van der Waals surface area contributed by atoms with Gasteiger partial charge in [0, 0.05) is 12.1 Å². The smallest absolute Gasteiger partial charge is 0.118 e. The van der Waals surface area contributed by atoms with Crippen molar-refractivity contribution in [3.05, 3.63) is 29.8 Å². The Morgan fingerprint density at radius 1 is 1.19 bits per heavy atom. The number of nitrogens with zero attached hydrogens (tertiary/aromatic N) is 1. The summed E-state index contributed by atoms with van der Waals surface area (Å²) in [5.41, 5.74) is 7.81. The fourth-order valence-corrected chi connectivity index (χ4v) is 3.63. The van der Waals surface area contributed by atoms with E-state index in [1.54, 1.807) is 7.11 Å². The second kappa shape index (κ2) is 7.81. The van der Waals surface area contributed by atoms with Crippen LogP contribution in [0.3, 0.4) is 0 Å². The highest BCUT2D eigenvalue weighted by molar-refractivity contribution is 5.30. The van der Waals surface area contributed by atoms with Crippen LogP contribution >= 0.6 is 0 Å². The number of ether oxygens (including phenoxy) is 1. The van der Waals surface area contributed by atoms with Crippen LogP contribution in [-0.4, -0.2) is 30.6 Å². The summed E-state index contributed by atoms with van der Waals surface area (Å²) in [6.45, 7) is 5.51. The van der Waals surface area contributed by atoms with Crippen molar-refractivity contribution >= 4 is 0 Å². The van der Waals surface area contributed by atoms with E-state index in [2.05, 4.69) is 30.9 Å². The predicted molar refractivity (Wildman–Crippen MR) is 88.6 cm³/mol. The van der Waals surface area contributed by atoms with Gasteiger partial charge < -0.3 is 10.5 Å². The summed E-state index contributed by atoms with van der Waals surface area (Å²) in [5.74, 6) is 0.909. The Kier molecular flexibility index (Phi) is 6.07. The van der Waals surface area contributed by atoms with Gasteiger partial charge in [0.05, 0.1) is 13.2 Å². The molecule has 0 aromatic heterocycles. The highest BCUT2D eigenvalue weighted by Gasteiger charge is 2.31. The van der Waals surface area contributed by atoms with Crippen LogP contribution in [0, 0.1) is 0 Å². The number of likely N-dealkylation sites (N-methyl/N-ethyl adjacent to an activating group) is 1. The number of rotatable bonds is 7. The Hall–Kier alpha value is -1.06. The van der Waals surface area contributed by atoms with Crippen molar-refractivity contribution in [1.29, 1.82) is 0 Å². The van der Waals surface area contributed by atoms with Crippen LogP contribution < -0.4 is 10.5 Å². The van der Waals surface area contributed by atoms with E-state index in [1.807, 2.05) is 12.1 Å². The maximum atomic E-state index is 6.49. The first kappa shape index (κ1) is 16.3. The molecule has 1 aliphatic carbocycles. The first-order valence-electron chi connectivity index (χ1n) is 8.36. The molecule has 1 aliphatic rings. The largest absolute Gasteiger partial charge is 0.497 e. The fraction of sp³-hybridized carbons (Fsp3) is 0.667. The number of methoxy groups -OCH3 is 1. The third-order valence-electron chi connectivity index (χ3n) is 4.85. The molecule has 2 unspecified atom stereocenters. The summed E-state index contributed by atoms with van der Waals surface area (Å²) in [7, 11) is 1.71. The molecule has 1 aromatic carbocycles. The van der Waals surface area contributed by atoms with Crippen molar-refractivity contribution in [3.8, 4) is 5.75 Å². The number of nitrogens with two attached hydrogens (primary N) is 1. The molecule has 0 heterocycles. The first-order chi connectivity index (χ1) is 10.2. The minimum Gasteiger partial charge on any atom is -0.497 e. The third kappa shape index (κ3) is 3.78. The molecule has 21 heavy (non-hydrogen) atoms. The SMILES string of the molecule is CCC(N)C(c1ccc(OC)cc1)N(CC)C1CCCC1.